The van der Waals surface area contributed by atoms with Crippen LogP contribution in [0.15, 0.2) is 77.7 Å². The molecule has 0 fully saturated rings. The quantitative estimate of drug-likeness (QED) is 0.331. The maximum atomic E-state index is 13.4. The van der Waals surface area contributed by atoms with Gasteiger partial charge in [0.2, 0.25) is 0 Å². The number of fused-ring (bicyclic) bond motifs is 3. The van der Waals surface area contributed by atoms with Gasteiger partial charge in [0.25, 0.3) is 5.91 Å². The molecule has 0 saturated carbocycles. The molecule has 7 nitrogen and oxygen atoms in total. The van der Waals surface area contributed by atoms with Gasteiger partial charge in [-0.2, -0.15) is 0 Å². The second-order valence-electron chi connectivity index (χ2n) is 8.08. The van der Waals surface area contributed by atoms with E-state index >= 15 is 0 Å². The standard InChI is InChI=1S/C26H20ClN3O4/c1-15(17-5-7-18(8-6-17)26(32)33)29-25(31)21-12-22-24(34-14-28-22)20-9-10-30(23(20)21)13-16-3-2-4-19(27)11-16/h2-12,14-15H,13H2,1H3,(H,29,31)(H,32,33)/t15-/m0/s1. The molecular weight excluding hydrogens is 454 g/mol. The first-order chi connectivity index (χ1) is 16.4. The number of carbonyl (C=O) groups is 2. The molecule has 0 aliphatic rings. The normalized spacial score (nSPS) is 12.2. The molecule has 2 heterocycles. The lowest BCUT2D eigenvalue weighted by molar-refractivity contribution is 0.0696. The summed E-state index contributed by atoms with van der Waals surface area (Å²) >= 11 is 6.16. The first kappa shape index (κ1) is 21.7. The van der Waals surface area contributed by atoms with Gasteiger partial charge >= 0.3 is 5.97 Å². The summed E-state index contributed by atoms with van der Waals surface area (Å²) in [6.07, 6.45) is 3.28. The lowest BCUT2D eigenvalue weighted by atomic mass is 10.0. The van der Waals surface area contributed by atoms with Crippen molar-refractivity contribution >= 4 is 45.5 Å². The third-order valence-corrected chi connectivity index (χ3v) is 6.07. The highest BCUT2D eigenvalue weighted by Gasteiger charge is 2.21. The molecule has 0 unspecified atom stereocenters. The van der Waals surface area contributed by atoms with E-state index < -0.39 is 5.97 Å². The van der Waals surface area contributed by atoms with Gasteiger partial charge < -0.3 is 19.4 Å². The minimum absolute atomic E-state index is 0.194. The number of rotatable bonds is 6. The van der Waals surface area contributed by atoms with Crippen molar-refractivity contribution in [1.82, 2.24) is 14.9 Å². The SMILES string of the molecule is C[C@H](NC(=O)c1cc2ncoc2c2ccn(Cc3cccc(Cl)c3)c12)c1ccc(C(=O)O)cc1. The summed E-state index contributed by atoms with van der Waals surface area (Å²) in [6.45, 7) is 2.38. The Morgan fingerprint density at radius 2 is 1.94 bits per heavy atom. The van der Waals surface area contributed by atoms with Crippen molar-refractivity contribution in [2.75, 3.05) is 0 Å². The number of carboxylic acid groups (broad SMARTS) is 1. The van der Waals surface area contributed by atoms with Crippen molar-refractivity contribution in [2.24, 2.45) is 0 Å². The van der Waals surface area contributed by atoms with E-state index in [2.05, 4.69) is 10.3 Å². The molecule has 0 radical (unpaired) electrons. The zero-order valence-electron chi connectivity index (χ0n) is 18.2. The van der Waals surface area contributed by atoms with Crippen LogP contribution in [0.1, 0.15) is 44.8 Å². The smallest absolute Gasteiger partial charge is 0.335 e. The van der Waals surface area contributed by atoms with E-state index in [-0.39, 0.29) is 17.5 Å². The van der Waals surface area contributed by atoms with Crippen LogP contribution in [0.2, 0.25) is 5.02 Å². The minimum atomic E-state index is -0.994. The number of carbonyl (C=O) groups excluding carboxylic acids is 1. The van der Waals surface area contributed by atoms with Crippen molar-refractivity contribution in [1.29, 1.82) is 0 Å². The van der Waals surface area contributed by atoms with Gasteiger partial charge in [-0.1, -0.05) is 35.9 Å². The van der Waals surface area contributed by atoms with Crippen LogP contribution < -0.4 is 5.32 Å². The summed E-state index contributed by atoms with van der Waals surface area (Å²) in [5.74, 6) is -1.26. The highest BCUT2D eigenvalue weighted by atomic mass is 35.5. The lowest BCUT2D eigenvalue weighted by Crippen LogP contribution is -2.27. The van der Waals surface area contributed by atoms with E-state index in [9.17, 15) is 9.59 Å². The zero-order valence-corrected chi connectivity index (χ0v) is 18.9. The number of carboxylic acids is 1. The number of oxazole rings is 1. The summed E-state index contributed by atoms with van der Waals surface area (Å²) in [5.41, 5.74) is 4.41. The van der Waals surface area contributed by atoms with E-state index in [1.54, 1.807) is 18.2 Å². The third kappa shape index (κ3) is 4.02. The van der Waals surface area contributed by atoms with E-state index in [1.165, 1.54) is 18.5 Å². The number of halogens is 1. The maximum absolute atomic E-state index is 13.4. The molecule has 2 aromatic heterocycles. The van der Waals surface area contributed by atoms with Crippen LogP contribution in [-0.4, -0.2) is 26.5 Å². The second kappa shape index (κ2) is 8.68. The monoisotopic (exact) mass is 473 g/mol. The van der Waals surface area contributed by atoms with Crippen molar-refractivity contribution in [3.8, 4) is 0 Å². The topological polar surface area (TPSA) is 97.4 Å². The van der Waals surface area contributed by atoms with Gasteiger partial charge in [0.1, 0.15) is 5.52 Å². The Kier molecular flexibility index (Phi) is 5.55. The Balaban J connectivity index is 1.52. The maximum Gasteiger partial charge on any atom is 0.335 e. The fourth-order valence-electron chi connectivity index (χ4n) is 4.13. The molecule has 0 aliphatic carbocycles. The van der Waals surface area contributed by atoms with Gasteiger partial charge in [-0.15, -0.1) is 0 Å². The van der Waals surface area contributed by atoms with Gasteiger partial charge in [0.05, 0.1) is 22.7 Å². The van der Waals surface area contributed by atoms with Gasteiger partial charge in [-0.25, -0.2) is 9.78 Å². The first-order valence-corrected chi connectivity index (χ1v) is 11.0. The lowest BCUT2D eigenvalue weighted by Gasteiger charge is -2.16. The molecule has 2 N–H and O–H groups in total. The molecule has 5 aromatic rings. The summed E-state index contributed by atoms with van der Waals surface area (Å²) < 4.78 is 7.59. The zero-order chi connectivity index (χ0) is 23.8. The van der Waals surface area contributed by atoms with E-state index in [1.807, 2.05) is 48.0 Å². The van der Waals surface area contributed by atoms with Gasteiger partial charge in [-0.3, -0.25) is 4.79 Å². The van der Waals surface area contributed by atoms with Crippen LogP contribution >= 0.6 is 11.6 Å². The Labute approximate surface area is 199 Å². The average Bonchev–Trinajstić information content (AvgIpc) is 3.45. The second-order valence-corrected chi connectivity index (χ2v) is 8.52. The van der Waals surface area contributed by atoms with Crippen LogP contribution in [0.3, 0.4) is 0 Å². The van der Waals surface area contributed by atoms with Crippen molar-refractivity contribution in [3.63, 3.8) is 0 Å². The number of aromatic carboxylic acids is 1. The van der Waals surface area contributed by atoms with Crippen molar-refractivity contribution in [2.45, 2.75) is 19.5 Å². The fourth-order valence-corrected chi connectivity index (χ4v) is 4.34. The van der Waals surface area contributed by atoms with Crippen LogP contribution in [0.4, 0.5) is 0 Å². The first-order valence-electron chi connectivity index (χ1n) is 10.6. The molecule has 170 valence electrons. The Morgan fingerprint density at radius 1 is 1.15 bits per heavy atom. The third-order valence-electron chi connectivity index (χ3n) is 5.83. The summed E-state index contributed by atoms with van der Waals surface area (Å²) in [5, 5.41) is 13.6. The molecule has 0 aliphatic heterocycles. The molecule has 3 aromatic carbocycles. The predicted molar refractivity (Wildman–Crippen MR) is 129 cm³/mol. The van der Waals surface area contributed by atoms with Crippen LogP contribution in [0.25, 0.3) is 22.0 Å². The Hall–Kier alpha value is -4.10. The molecule has 5 rings (SSSR count). The van der Waals surface area contributed by atoms with Crippen LogP contribution in [0, 0.1) is 0 Å². The van der Waals surface area contributed by atoms with Crippen molar-refractivity contribution in [3.05, 3.63) is 101 Å². The van der Waals surface area contributed by atoms with Gasteiger partial charge in [0.15, 0.2) is 12.0 Å². The fraction of sp³-hybridized carbons (Fsp3) is 0.115. The molecule has 34 heavy (non-hydrogen) atoms. The van der Waals surface area contributed by atoms with E-state index in [0.717, 1.165) is 22.0 Å². The average molecular weight is 474 g/mol. The molecule has 0 saturated heterocycles. The van der Waals surface area contributed by atoms with Gasteiger partial charge in [0, 0.05) is 23.2 Å². The Bertz CT molecular complexity index is 1540. The van der Waals surface area contributed by atoms with Gasteiger partial charge in [-0.05, 0) is 54.4 Å². The number of hydrogen-bond donors (Lipinski definition) is 2. The molecule has 8 heteroatoms. The molecule has 0 spiro atoms. The largest absolute Gasteiger partial charge is 0.478 e. The minimum Gasteiger partial charge on any atom is -0.478 e. The summed E-state index contributed by atoms with van der Waals surface area (Å²) in [7, 11) is 0. The number of aromatic nitrogens is 2. The van der Waals surface area contributed by atoms with E-state index in [4.69, 9.17) is 21.1 Å². The number of nitrogens with zero attached hydrogens (tertiary/aromatic N) is 2. The van der Waals surface area contributed by atoms with E-state index in [0.29, 0.717) is 28.2 Å². The number of amides is 1. The van der Waals surface area contributed by atoms with Crippen molar-refractivity contribution < 1.29 is 19.1 Å². The number of nitrogens with one attached hydrogen (secondary N) is 1. The molecular formula is C26H20ClN3O4. The summed E-state index contributed by atoms with van der Waals surface area (Å²) in [4.78, 5) is 28.8. The highest BCUT2D eigenvalue weighted by Crippen LogP contribution is 2.30. The molecule has 1 atom stereocenters. The highest BCUT2D eigenvalue weighted by molar-refractivity contribution is 6.30. The van der Waals surface area contributed by atoms with Crippen LogP contribution in [0.5, 0.6) is 0 Å². The number of hydrogen-bond acceptors (Lipinski definition) is 4. The van der Waals surface area contributed by atoms with Crippen LogP contribution in [-0.2, 0) is 6.54 Å². The predicted octanol–water partition coefficient (Wildman–Crippen LogP) is 5.67. The summed E-state index contributed by atoms with van der Waals surface area (Å²) in [6, 6.07) is 17.3. The number of benzene rings is 3. The molecule has 0 bridgehead atoms. The molecule has 1 amide bonds. The Morgan fingerprint density at radius 3 is 2.68 bits per heavy atom.